The van der Waals surface area contributed by atoms with Gasteiger partial charge in [-0.15, -0.1) is 0 Å². The van der Waals surface area contributed by atoms with Gasteiger partial charge in [0.25, 0.3) is 5.56 Å². The number of amides is 1. The molecule has 0 saturated heterocycles. The van der Waals surface area contributed by atoms with Crippen LogP contribution < -0.4 is 10.9 Å². The van der Waals surface area contributed by atoms with Crippen LogP contribution in [0.25, 0.3) is 0 Å². The van der Waals surface area contributed by atoms with E-state index in [0.29, 0.717) is 0 Å². The minimum atomic E-state index is -1.19. The number of nitrogens with zero attached hydrogens (tertiary/aromatic N) is 1. The van der Waals surface area contributed by atoms with Crippen LogP contribution in [0.4, 0.5) is 8.78 Å². The molecule has 0 unspecified atom stereocenters. The zero-order valence-electron chi connectivity index (χ0n) is 13.4. The topological polar surface area (TPSA) is 88.4 Å². The molecule has 1 heterocycles. The molecule has 2 N–H and O–H groups in total. The van der Waals surface area contributed by atoms with E-state index in [-0.39, 0.29) is 42.1 Å². The first-order valence-corrected chi connectivity index (χ1v) is 7.43. The maximum atomic E-state index is 14.1. The fourth-order valence-electron chi connectivity index (χ4n) is 2.25. The number of aromatic carboxylic acids is 1. The van der Waals surface area contributed by atoms with E-state index in [9.17, 15) is 23.2 Å². The van der Waals surface area contributed by atoms with Gasteiger partial charge in [-0.2, -0.15) is 0 Å². The highest BCUT2D eigenvalue weighted by Gasteiger charge is 2.12. The van der Waals surface area contributed by atoms with Crippen molar-refractivity contribution in [2.24, 2.45) is 0 Å². The quantitative estimate of drug-likeness (QED) is 0.830. The van der Waals surface area contributed by atoms with Crippen LogP contribution >= 0.6 is 0 Å². The van der Waals surface area contributed by atoms with Gasteiger partial charge < -0.3 is 15.0 Å². The molecular formula is C17H16F2N2O4. The number of carboxylic acids is 1. The van der Waals surface area contributed by atoms with Crippen LogP contribution in [0.15, 0.2) is 35.3 Å². The van der Waals surface area contributed by atoms with Gasteiger partial charge in [-0.25, -0.2) is 13.6 Å². The SMILES string of the molecule is CC(=O)NCc1cc(F)c(CCn2cc(C(=O)O)ccc2=O)cc1F. The Balaban J connectivity index is 2.17. The van der Waals surface area contributed by atoms with Gasteiger partial charge >= 0.3 is 5.97 Å². The first-order valence-electron chi connectivity index (χ1n) is 7.43. The predicted octanol–water partition coefficient (Wildman–Crippen LogP) is 1.70. The van der Waals surface area contributed by atoms with E-state index >= 15 is 0 Å². The summed E-state index contributed by atoms with van der Waals surface area (Å²) in [4.78, 5) is 33.5. The van der Waals surface area contributed by atoms with Crippen molar-refractivity contribution in [1.82, 2.24) is 9.88 Å². The average molecular weight is 350 g/mol. The van der Waals surface area contributed by atoms with Crippen LogP contribution in [0.3, 0.4) is 0 Å². The standard InChI is InChI=1S/C17H16F2N2O4/c1-10(22)20-8-13-7-14(18)11(6-15(13)19)4-5-21-9-12(17(24)25)2-3-16(21)23/h2-3,6-7,9H,4-5,8H2,1H3,(H,20,22)(H,24,25). The number of benzene rings is 1. The number of aryl methyl sites for hydroxylation is 2. The summed E-state index contributed by atoms with van der Waals surface area (Å²) in [6, 6.07) is 4.30. The minimum absolute atomic E-state index is 0.00135. The molecule has 6 nitrogen and oxygen atoms in total. The van der Waals surface area contributed by atoms with Gasteiger partial charge in [0.2, 0.25) is 5.91 Å². The Morgan fingerprint density at radius 1 is 1.16 bits per heavy atom. The van der Waals surface area contributed by atoms with Crippen molar-refractivity contribution in [1.29, 1.82) is 0 Å². The highest BCUT2D eigenvalue weighted by atomic mass is 19.1. The fraction of sp³-hybridized carbons (Fsp3) is 0.235. The van der Waals surface area contributed by atoms with E-state index in [1.165, 1.54) is 13.0 Å². The number of carboxylic acid groups (broad SMARTS) is 1. The molecule has 1 aromatic carbocycles. The zero-order valence-corrected chi connectivity index (χ0v) is 13.4. The highest BCUT2D eigenvalue weighted by Crippen LogP contribution is 2.16. The number of nitrogens with one attached hydrogen (secondary N) is 1. The van der Waals surface area contributed by atoms with Crippen LogP contribution in [0.5, 0.6) is 0 Å². The lowest BCUT2D eigenvalue weighted by molar-refractivity contribution is -0.119. The van der Waals surface area contributed by atoms with Crippen LogP contribution in [0, 0.1) is 11.6 Å². The maximum Gasteiger partial charge on any atom is 0.337 e. The van der Waals surface area contributed by atoms with Crippen molar-refractivity contribution in [3.63, 3.8) is 0 Å². The normalized spacial score (nSPS) is 10.5. The molecule has 0 bridgehead atoms. The van der Waals surface area contributed by atoms with Crippen molar-refractivity contribution in [2.75, 3.05) is 0 Å². The summed E-state index contributed by atoms with van der Waals surface area (Å²) < 4.78 is 29.2. The molecular weight excluding hydrogens is 334 g/mol. The molecule has 0 spiro atoms. The third-order valence-electron chi connectivity index (χ3n) is 3.60. The minimum Gasteiger partial charge on any atom is -0.478 e. The maximum absolute atomic E-state index is 14.1. The van der Waals surface area contributed by atoms with E-state index in [1.54, 1.807) is 0 Å². The molecule has 0 saturated carbocycles. The fourth-order valence-corrected chi connectivity index (χ4v) is 2.25. The first-order chi connectivity index (χ1) is 11.8. The van der Waals surface area contributed by atoms with Gasteiger partial charge in [-0.05, 0) is 30.2 Å². The second-order valence-electron chi connectivity index (χ2n) is 5.45. The number of hydrogen-bond donors (Lipinski definition) is 2. The van der Waals surface area contributed by atoms with Crippen molar-refractivity contribution < 1.29 is 23.5 Å². The largest absolute Gasteiger partial charge is 0.478 e. The molecule has 0 fully saturated rings. The van der Waals surface area contributed by atoms with Gasteiger partial charge in [0.1, 0.15) is 11.6 Å². The molecule has 2 aromatic rings. The molecule has 0 radical (unpaired) electrons. The Bertz CT molecular complexity index is 877. The van der Waals surface area contributed by atoms with E-state index in [2.05, 4.69) is 5.32 Å². The number of rotatable bonds is 6. The molecule has 2 rings (SSSR count). The van der Waals surface area contributed by atoms with Crippen LogP contribution in [-0.4, -0.2) is 21.6 Å². The third kappa shape index (κ3) is 4.72. The summed E-state index contributed by atoms with van der Waals surface area (Å²) in [7, 11) is 0. The second-order valence-corrected chi connectivity index (χ2v) is 5.45. The zero-order chi connectivity index (χ0) is 18.6. The van der Waals surface area contributed by atoms with E-state index in [0.717, 1.165) is 29.0 Å². The second kappa shape index (κ2) is 7.69. The molecule has 25 heavy (non-hydrogen) atoms. The summed E-state index contributed by atoms with van der Waals surface area (Å²) in [6.07, 6.45) is 1.16. The summed E-state index contributed by atoms with van der Waals surface area (Å²) in [5, 5.41) is 11.3. The molecule has 0 aliphatic heterocycles. The third-order valence-corrected chi connectivity index (χ3v) is 3.60. The summed E-state index contributed by atoms with van der Waals surface area (Å²) in [5.41, 5.74) is -0.441. The van der Waals surface area contributed by atoms with E-state index in [4.69, 9.17) is 5.11 Å². The van der Waals surface area contributed by atoms with Crippen molar-refractivity contribution >= 4 is 11.9 Å². The molecule has 132 valence electrons. The Hall–Kier alpha value is -3.03. The monoisotopic (exact) mass is 350 g/mol. The van der Waals surface area contributed by atoms with Crippen molar-refractivity contribution in [3.8, 4) is 0 Å². The highest BCUT2D eigenvalue weighted by molar-refractivity contribution is 5.87. The molecule has 1 amide bonds. The van der Waals surface area contributed by atoms with Gasteiger partial charge in [-0.1, -0.05) is 0 Å². The van der Waals surface area contributed by atoms with E-state index < -0.39 is 23.2 Å². The lowest BCUT2D eigenvalue weighted by Crippen LogP contribution is -2.22. The first kappa shape index (κ1) is 18.3. The Labute approximate surface area is 141 Å². The molecule has 1 aromatic heterocycles. The molecule has 0 aliphatic carbocycles. The number of aromatic nitrogens is 1. The Morgan fingerprint density at radius 2 is 1.80 bits per heavy atom. The molecule has 8 heteroatoms. The Morgan fingerprint density at radius 3 is 2.44 bits per heavy atom. The van der Waals surface area contributed by atoms with Gasteiger partial charge in [0, 0.05) is 37.8 Å². The Kier molecular flexibility index (Phi) is 5.63. The van der Waals surface area contributed by atoms with Crippen LogP contribution in [0.2, 0.25) is 0 Å². The number of hydrogen-bond acceptors (Lipinski definition) is 3. The lowest BCUT2D eigenvalue weighted by atomic mass is 10.1. The number of carbonyl (C=O) groups excluding carboxylic acids is 1. The van der Waals surface area contributed by atoms with Gasteiger partial charge in [0.05, 0.1) is 5.56 Å². The summed E-state index contributed by atoms with van der Waals surface area (Å²) >= 11 is 0. The summed E-state index contributed by atoms with van der Waals surface area (Å²) in [6.45, 7) is 1.14. The summed E-state index contributed by atoms with van der Waals surface area (Å²) in [5.74, 6) is -2.88. The predicted molar refractivity (Wildman–Crippen MR) is 85.2 cm³/mol. The number of pyridine rings is 1. The lowest BCUT2D eigenvalue weighted by Gasteiger charge is -2.10. The van der Waals surface area contributed by atoms with Crippen LogP contribution in [0.1, 0.15) is 28.4 Å². The van der Waals surface area contributed by atoms with Crippen molar-refractivity contribution in [2.45, 2.75) is 26.4 Å². The van der Waals surface area contributed by atoms with Gasteiger partial charge in [0.15, 0.2) is 0 Å². The van der Waals surface area contributed by atoms with E-state index in [1.807, 2.05) is 0 Å². The molecule has 0 aliphatic rings. The van der Waals surface area contributed by atoms with Crippen molar-refractivity contribution in [3.05, 3.63) is 69.1 Å². The molecule has 0 atom stereocenters. The number of carbonyl (C=O) groups is 2. The number of halogens is 2. The smallest absolute Gasteiger partial charge is 0.337 e. The van der Waals surface area contributed by atoms with Gasteiger partial charge in [-0.3, -0.25) is 9.59 Å². The average Bonchev–Trinajstić information content (AvgIpc) is 2.54. The van der Waals surface area contributed by atoms with Crippen LogP contribution in [-0.2, 0) is 24.3 Å².